The fourth-order valence-corrected chi connectivity index (χ4v) is 0.419. The number of aliphatic imine (C=N–C) groups is 1. The largest absolute Gasteiger partial charge is 0.383 e. The van der Waals surface area contributed by atoms with Crippen molar-refractivity contribution in [1.82, 2.24) is 0 Å². The van der Waals surface area contributed by atoms with Gasteiger partial charge < -0.3 is 22.9 Å². The topological polar surface area (TPSA) is 116 Å². The van der Waals surface area contributed by atoms with Crippen molar-refractivity contribution >= 4 is 16.9 Å². The molecule has 0 aliphatic heterocycles. The van der Waals surface area contributed by atoms with Crippen molar-refractivity contribution in [1.29, 1.82) is 0 Å². The number of amidine groups is 1. The molecule has 10 heavy (non-hydrogen) atoms. The van der Waals surface area contributed by atoms with Crippen LogP contribution in [-0.4, -0.2) is 11.4 Å². The van der Waals surface area contributed by atoms with Crippen molar-refractivity contribution in [3.05, 3.63) is 11.6 Å². The van der Waals surface area contributed by atoms with Gasteiger partial charge >= 0.3 is 0 Å². The first kappa shape index (κ1) is 8.96. The maximum absolute atomic E-state index is 5.30. The van der Waals surface area contributed by atoms with Crippen molar-refractivity contribution in [3.63, 3.8) is 0 Å². The smallest absolute Gasteiger partial charge is 0.166 e. The Morgan fingerprint density at radius 1 is 1.20 bits per heavy atom. The summed E-state index contributed by atoms with van der Waals surface area (Å²) in [5.74, 6) is 0.0452. The summed E-state index contributed by atoms with van der Waals surface area (Å²) < 4.78 is 0. The average Bonchev–Trinajstić information content (AvgIpc) is 1.87. The summed E-state index contributed by atoms with van der Waals surface area (Å²) in [7, 11) is 0. The van der Waals surface area contributed by atoms with Gasteiger partial charge in [0.25, 0.3) is 0 Å². The van der Waals surface area contributed by atoms with E-state index in [9.17, 15) is 0 Å². The lowest BCUT2D eigenvalue weighted by atomic mass is 10.7. The third-order valence-corrected chi connectivity index (χ3v) is 1.25. The van der Waals surface area contributed by atoms with E-state index >= 15 is 0 Å². The van der Waals surface area contributed by atoms with Crippen LogP contribution in [0.5, 0.6) is 0 Å². The van der Waals surface area contributed by atoms with Crippen molar-refractivity contribution in [3.8, 4) is 0 Å². The second-order valence-electron chi connectivity index (χ2n) is 1.49. The summed E-state index contributed by atoms with van der Waals surface area (Å²) in [5.41, 5.74) is 20.7. The van der Waals surface area contributed by atoms with E-state index in [1.165, 1.54) is 11.8 Å². The second kappa shape index (κ2) is 3.89. The lowest BCUT2D eigenvalue weighted by Crippen LogP contribution is -2.18. The Balaban J connectivity index is 4.27. The number of rotatable bonds is 1. The standard InChI is InChI=1S/C4H11N5S/c1-10-4(8)9-3(7)2(5)6/h5-7H2,1H3,(H2,8,9). The fourth-order valence-electron chi connectivity index (χ4n) is 0.229. The van der Waals surface area contributed by atoms with Gasteiger partial charge in [0.05, 0.1) is 0 Å². The fraction of sp³-hybridized carbons (Fsp3) is 0.250. The monoisotopic (exact) mass is 161 g/mol. The zero-order chi connectivity index (χ0) is 8.15. The van der Waals surface area contributed by atoms with E-state index in [4.69, 9.17) is 22.9 Å². The van der Waals surface area contributed by atoms with Crippen LogP contribution in [0.4, 0.5) is 0 Å². The molecule has 0 aromatic heterocycles. The molecule has 58 valence electrons. The Morgan fingerprint density at radius 2 is 1.70 bits per heavy atom. The molecule has 0 bridgehead atoms. The minimum Gasteiger partial charge on any atom is -0.383 e. The first-order valence-corrected chi connectivity index (χ1v) is 3.69. The predicted octanol–water partition coefficient (Wildman–Crippen LogP) is -1.33. The van der Waals surface area contributed by atoms with E-state index in [0.29, 0.717) is 5.17 Å². The van der Waals surface area contributed by atoms with Crippen molar-refractivity contribution < 1.29 is 0 Å². The molecule has 0 rings (SSSR count). The van der Waals surface area contributed by atoms with E-state index in [0.717, 1.165) is 0 Å². The highest BCUT2D eigenvalue weighted by Gasteiger charge is 1.92. The Labute approximate surface area is 63.5 Å². The maximum atomic E-state index is 5.30. The zero-order valence-electron chi connectivity index (χ0n) is 5.66. The van der Waals surface area contributed by atoms with E-state index in [-0.39, 0.29) is 11.6 Å². The van der Waals surface area contributed by atoms with Gasteiger partial charge in [-0.2, -0.15) is 0 Å². The number of nitrogens with two attached hydrogens (primary N) is 4. The molecular formula is C4H11N5S. The minimum atomic E-state index is -0.0167. The van der Waals surface area contributed by atoms with Crippen LogP contribution in [0, 0.1) is 0 Å². The Morgan fingerprint density at radius 3 is 2.00 bits per heavy atom. The van der Waals surface area contributed by atoms with Gasteiger partial charge in [-0.25, -0.2) is 4.99 Å². The molecule has 0 saturated heterocycles. The first-order valence-electron chi connectivity index (χ1n) is 2.46. The number of hydrogen-bond acceptors (Lipinski definition) is 5. The van der Waals surface area contributed by atoms with E-state index < -0.39 is 0 Å². The van der Waals surface area contributed by atoms with E-state index in [2.05, 4.69) is 4.99 Å². The van der Waals surface area contributed by atoms with Crippen LogP contribution in [0.1, 0.15) is 0 Å². The third kappa shape index (κ3) is 3.08. The van der Waals surface area contributed by atoms with Crippen LogP contribution >= 0.6 is 11.8 Å². The summed E-state index contributed by atoms with van der Waals surface area (Å²) in [5, 5.41) is 0.339. The van der Waals surface area contributed by atoms with Gasteiger partial charge in [-0.05, 0) is 6.26 Å². The van der Waals surface area contributed by atoms with Crippen LogP contribution in [0.2, 0.25) is 0 Å². The molecule has 0 unspecified atom stereocenters. The number of nitrogens with zero attached hydrogens (tertiary/aromatic N) is 1. The zero-order valence-corrected chi connectivity index (χ0v) is 6.48. The normalized spacial score (nSPS) is 11.1. The average molecular weight is 161 g/mol. The van der Waals surface area contributed by atoms with Crippen LogP contribution < -0.4 is 22.9 Å². The van der Waals surface area contributed by atoms with Gasteiger partial charge in [-0.3, -0.25) is 0 Å². The molecular weight excluding hydrogens is 150 g/mol. The van der Waals surface area contributed by atoms with Crippen molar-refractivity contribution in [2.45, 2.75) is 0 Å². The molecule has 0 aliphatic rings. The van der Waals surface area contributed by atoms with E-state index in [1.807, 2.05) is 0 Å². The number of thioether (sulfide) groups is 1. The molecule has 0 fully saturated rings. The molecule has 0 saturated carbocycles. The highest BCUT2D eigenvalue weighted by molar-refractivity contribution is 8.13. The number of hydrogen-bond donors (Lipinski definition) is 4. The minimum absolute atomic E-state index is 0.0167. The summed E-state index contributed by atoms with van der Waals surface area (Å²) in [6.07, 6.45) is 1.78. The van der Waals surface area contributed by atoms with Crippen LogP contribution in [-0.2, 0) is 0 Å². The highest BCUT2D eigenvalue weighted by atomic mass is 32.2. The van der Waals surface area contributed by atoms with Gasteiger partial charge in [-0.15, -0.1) is 0 Å². The van der Waals surface area contributed by atoms with Gasteiger partial charge in [0.2, 0.25) is 0 Å². The summed E-state index contributed by atoms with van der Waals surface area (Å²) in [4.78, 5) is 3.66. The van der Waals surface area contributed by atoms with Gasteiger partial charge in [0.15, 0.2) is 11.0 Å². The molecule has 5 nitrogen and oxygen atoms in total. The Kier molecular flexibility index (Phi) is 3.48. The van der Waals surface area contributed by atoms with E-state index in [1.54, 1.807) is 6.26 Å². The molecule has 0 spiro atoms. The predicted molar refractivity (Wildman–Crippen MR) is 44.7 cm³/mol. The highest BCUT2D eigenvalue weighted by Crippen LogP contribution is 1.94. The lowest BCUT2D eigenvalue weighted by Gasteiger charge is -1.96. The molecule has 0 aliphatic carbocycles. The van der Waals surface area contributed by atoms with Gasteiger partial charge in [0.1, 0.15) is 5.82 Å². The molecule has 0 atom stereocenters. The molecule has 8 N–H and O–H groups in total. The van der Waals surface area contributed by atoms with Crippen molar-refractivity contribution in [2.75, 3.05) is 6.26 Å². The SMILES string of the molecule is CS/C(N)=N/C(N)=C(N)N. The summed E-state index contributed by atoms with van der Waals surface area (Å²) >= 11 is 1.27. The van der Waals surface area contributed by atoms with Crippen LogP contribution in [0.3, 0.4) is 0 Å². The van der Waals surface area contributed by atoms with Gasteiger partial charge in [0, 0.05) is 0 Å². The molecule has 0 radical (unpaired) electrons. The van der Waals surface area contributed by atoms with Crippen molar-refractivity contribution in [2.24, 2.45) is 27.9 Å². The van der Waals surface area contributed by atoms with Crippen LogP contribution in [0.15, 0.2) is 16.6 Å². The molecule has 0 heterocycles. The summed E-state index contributed by atoms with van der Waals surface area (Å²) in [6.45, 7) is 0. The first-order chi connectivity index (χ1) is 4.57. The third-order valence-electron chi connectivity index (χ3n) is 0.736. The Bertz CT molecular complexity index is 168. The molecule has 0 aromatic rings. The molecule has 0 amide bonds. The van der Waals surface area contributed by atoms with Crippen LogP contribution in [0.25, 0.3) is 0 Å². The molecule has 6 heteroatoms. The Hall–Kier alpha value is -1.04. The quantitative estimate of drug-likeness (QED) is 0.281. The summed E-state index contributed by atoms with van der Waals surface area (Å²) in [6, 6.07) is 0. The van der Waals surface area contributed by atoms with Gasteiger partial charge in [-0.1, -0.05) is 11.8 Å². The second-order valence-corrected chi connectivity index (χ2v) is 2.32. The lowest BCUT2D eigenvalue weighted by molar-refractivity contribution is 1.09. The molecule has 0 aromatic carbocycles. The maximum Gasteiger partial charge on any atom is 0.166 e.